The fourth-order valence-electron chi connectivity index (χ4n) is 2.47. The van der Waals surface area contributed by atoms with Crippen molar-refractivity contribution in [3.8, 4) is 0 Å². The van der Waals surface area contributed by atoms with Gasteiger partial charge >= 0.3 is 0 Å². The Bertz CT molecular complexity index is 503. The van der Waals surface area contributed by atoms with Gasteiger partial charge in [0, 0.05) is 10.9 Å². The molecule has 1 N–H and O–H groups in total. The maximum Gasteiger partial charge on any atom is 0.230 e. The van der Waals surface area contributed by atoms with Crippen LogP contribution >= 0.6 is 11.8 Å². The Balaban J connectivity index is 1.49. The van der Waals surface area contributed by atoms with Gasteiger partial charge in [-0.3, -0.25) is 4.79 Å². The van der Waals surface area contributed by atoms with E-state index in [0.717, 1.165) is 12.1 Å². The number of carbonyl (C=O) groups excluding carboxylic acids is 1. The van der Waals surface area contributed by atoms with E-state index >= 15 is 0 Å². The van der Waals surface area contributed by atoms with Crippen LogP contribution in [-0.2, 0) is 4.79 Å². The number of hydrogen-bond acceptors (Lipinski definition) is 2. The summed E-state index contributed by atoms with van der Waals surface area (Å²) in [5.41, 5.74) is 0. The Morgan fingerprint density at radius 3 is 2.40 bits per heavy atom. The van der Waals surface area contributed by atoms with E-state index in [0.29, 0.717) is 22.8 Å². The molecule has 1 aromatic carbocycles. The molecular weight excluding hydrogens is 280 g/mol. The quantitative estimate of drug-likeness (QED) is 0.816. The van der Waals surface area contributed by atoms with Gasteiger partial charge in [-0.05, 0) is 55.7 Å². The summed E-state index contributed by atoms with van der Waals surface area (Å²) in [6.07, 6.45) is 4.88. The maximum absolute atomic E-state index is 13.1. The van der Waals surface area contributed by atoms with Crippen molar-refractivity contribution in [2.75, 3.05) is 5.75 Å². The van der Waals surface area contributed by atoms with Gasteiger partial charge in [-0.2, -0.15) is 0 Å². The first kappa shape index (κ1) is 13.9. The summed E-state index contributed by atoms with van der Waals surface area (Å²) in [5.74, 6) is -0.158. The molecule has 20 heavy (non-hydrogen) atoms. The van der Waals surface area contributed by atoms with E-state index in [1.165, 1.54) is 43.5 Å². The highest BCUT2D eigenvalue weighted by Gasteiger charge is 2.42. The van der Waals surface area contributed by atoms with Crippen LogP contribution in [0, 0.1) is 23.5 Å². The number of carbonyl (C=O) groups is 1. The Hall–Kier alpha value is -1.10. The molecule has 2 fully saturated rings. The zero-order valence-corrected chi connectivity index (χ0v) is 11.9. The van der Waals surface area contributed by atoms with Crippen molar-refractivity contribution in [1.82, 2.24) is 5.32 Å². The molecular formula is C15H17F2NOS. The number of hydrogen-bond donors (Lipinski definition) is 1. The van der Waals surface area contributed by atoms with Crippen molar-refractivity contribution in [2.24, 2.45) is 11.8 Å². The van der Waals surface area contributed by atoms with Gasteiger partial charge in [0.25, 0.3) is 0 Å². The van der Waals surface area contributed by atoms with Crippen molar-refractivity contribution in [1.29, 1.82) is 0 Å². The molecule has 0 atom stereocenters. The highest BCUT2D eigenvalue weighted by Crippen LogP contribution is 2.44. The van der Waals surface area contributed by atoms with Crippen LogP contribution in [0.3, 0.4) is 0 Å². The van der Waals surface area contributed by atoms with Crippen LogP contribution in [0.2, 0.25) is 0 Å². The van der Waals surface area contributed by atoms with Gasteiger partial charge in [0.15, 0.2) is 11.6 Å². The fraction of sp³-hybridized carbons (Fsp3) is 0.533. The predicted octanol–water partition coefficient (Wildman–Crippen LogP) is 3.36. The molecule has 1 amide bonds. The molecule has 0 aromatic heterocycles. The standard InChI is InChI=1S/C15H17F2NOS/c16-12-6-5-11(7-13(12)17)20-8-14(19)18-15(9-1-2-9)10-3-4-10/h5-7,9-10,15H,1-4,8H2,(H,18,19). The summed E-state index contributed by atoms with van der Waals surface area (Å²) in [6.45, 7) is 0. The molecule has 2 nitrogen and oxygen atoms in total. The van der Waals surface area contributed by atoms with Crippen LogP contribution in [0.15, 0.2) is 23.1 Å². The molecule has 3 rings (SSSR count). The molecule has 2 aliphatic carbocycles. The van der Waals surface area contributed by atoms with Gasteiger partial charge < -0.3 is 5.32 Å². The van der Waals surface area contributed by atoms with E-state index in [9.17, 15) is 13.6 Å². The lowest BCUT2D eigenvalue weighted by molar-refractivity contribution is -0.119. The van der Waals surface area contributed by atoms with Gasteiger partial charge in [0.05, 0.1) is 5.75 Å². The van der Waals surface area contributed by atoms with E-state index in [1.807, 2.05) is 0 Å². The fourth-order valence-corrected chi connectivity index (χ4v) is 3.21. The van der Waals surface area contributed by atoms with Gasteiger partial charge in [-0.25, -0.2) is 8.78 Å². The van der Waals surface area contributed by atoms with Crippen LogP contribution in [0.25, 0.3) is 0 Å². The van der Waals surface area contributed by atoms with Crippen molar-refractivity contribution < 1.29 is 13.6 Å². The van der Waals surface area contributed by atoms with Crippen molar-refractivity contribution in [2.45, 2.75) is 36.6 Å². The number of rotatable bonds is 6. The molecule has 0 spiro atoms. The predicted molar refractivity (Wildman–Crippen MR) is 74.5 cm³/mol. The van der Waals surface area contributed by atoms with Crippen molar-refractivity contribution in [3.05, 3.63) is 29.8 Å². The SMILES string of the molecule is O=C(CSc1ccc(F)c(F)c1)NC(C1CC1)C1CC1. The monoisotopic (exact) mass is 297 g/mol. The lowest BCUT2D eigenvalue weighted by atomic mass is 10.1. The van der Waals surface area contributed by atoms with E-state index in [2.05, 4.69) is 5.32 Å². The molecule has 2 aliphatic rings. The maximum atomic E-state index is 13.1. The highest BCUT2D eigenvalue weighted by molar-refractivity contribution is 8.00. The molecule has 0 unspecified atom stereocenters. The van der Waals surface area contributed by atoms with Crippen LogP contribution in [0.5, 0.6) is 0 Å². The number of halogens is 2. The lowest BCUT2D eigenvalue weighted by Crippen LogP contribution is -2.39. The summed E-state index contributed by atoms with van der Waals surface area (Å²) in [5, 5.41) is 3.11. The molecule has 0 heterocycles. The van der Waals surface area contributed by atoms with Crippen LogP contribution in [0.1, 0.15) is 25.7 Å². The zero-order valence-electron chi connectivity index (χ0n) is 11.1. The summed E-state index contributed by atoms with van der Waals surface area (Å²) in [6, 6.07) is 4.06. The molecule has 0 bridgehead atoms. The minimum absolute atomic E-state index is 0.0106. The average molecular weight is 297 g/mol. The Morgan fingerprint density at radius 2 is 1.85 bits per heavy atom. The molecule has 2 saturated carbocycles. The first-order valence-electron chi connectivity index (χ1n) is 7.00. The van der Waals surface area contributed by atoms with Crippen LogP contribution in [-0.4, -0.2) is 17.7 Å². The zero-order chi connectivity index (χ0) is 14.1. The van der Waals surface area contributed by atoms with E-state index in [1.54, 1.807) is 0 Å². The van der Waals surface area contributed by atoms with Gasteiger partial charge in [0.2, 0.25) is 5.91 Å². The molecule has 0 saturated heterocycles. The summed E-state index contributed by atoms with van der Waals surface area (Å²) in [7, 11) is 0. The van der Waals surface area contributed by atoms with Crippen molar-refractivity contribution >= 4 is 17.7 Å². The third kappa shape index (κ3) is 3.51. The second-order valence-corrected chi connectivity index (χ2v) is 6.68. The van der Waals surface area contributed by atoms with E-state index in [4.69, 9.17) is 0 Å². The number of thioether (sulfide) groups is 1. The Morgan fingerprint density at radius 1 is 1.20 bits per heavy atom. The molecule has 0 radical (unpaired) electrons. The lowest BCUT2D eigenvalue weighted by Gasteiger charge is -2.17. The summed E-state index contributed by atoms with van der Waals surface area (Å²) in [4.78, 5) is 12.5. The number of benzene rings is 1. The minimum Gasteiger partial charge on any atom is -0.352 e. The Kier molecular flexibility index (Phi) is 3.96. The topological polar surface area (TPSA) is 29.1 Å². The normalized spacial score (nSPS) is 18.4. The van der Waals surface area contributed by atoms with Gasteiger partial charge in [-0.1, -0.05) is 0 Å². The molecule has 108 valence electrons. The third-order valence-corrected chi connectivity index (χ3v) is 4.84. The second-order valence-electron chi connectivity index (χ2n) is 5.63. The smallest absolute Gasteiger partial charge is 0.230 e. The Labute approximate surface area is 121 Å². The molecule has 0 aliphatic heterocycles. The average Bonchev–Trinajstić information content (AvgIpc) is 3.28. The highest BCUT2D eigenvalue weighted by atomic mass is 32.2. The molecule has 5 heteroatoms. The number of amides is 1. The summed E-state index contributed by atoms with van der Waals surface area (Å²) < 4.78 is 25.9. The third-order valence-electron chi connectivity index (χ3n) is 3.85. The largest absolute Gasteiger partial charge is 0.352 e. The minimum atomic E-state index is -0.871. The van der Waals surface area contributed by atoms with Gasteiger partial charge in [0.1, 0.15) is 0 Å². The second kappa shape index (κ2) is 5.72. The first-order valence-corrected chi connectivity index (χ1v) is 7.99. The first-order chi connectivity index (χ1) is 9.63. The van der Waals surface area contributed by atoms with Crippen LogP contribution in [0.4, 0.5) is 8.78 Å². The molecule has 1 aromatic rings. The van der Waals surface area contributed by atoms with Crippen molar-refractivity contribution in [3.63, 3.8) is 0 Å². The van der Waals surface area contributed by atoms with Gasteiger partial charge in [-0.15, -0.1) is 11.8 Å². The summed E-state index contributed by atoms with van der Waals surface area (Å²) >= 11 is 1.24. The van der Waals surface area contributed by atoms with E-state index in [-0.39, 0.29) is 11.7 Å². The number of nitrogens with one attached hydrogen (secondary N) is 1. The van der Waals surface area contributed by atoms with Crippen LogP contribution < -0.4 is 5.32 Å². The van der Waals surface area contributed by atoms with E-state index < -0.39 is 11.6 Å².